The molecule has 2 aromatic carbocycles. The van der Waals surface area contributed by atoms with Crippen LogP contribution in [0.1, 0.15) is 18.6 Å². The zero-order valence-electron chi connectivity index (χ0n) is 11.6. The van der Waals surface area contributed by atoms with Gasteiger partial charge in [-0.25, -0.2) is 12.8 Å². The summed E-state index contributed by atoms with van der Waals surface area (Å²) in [6.07, 6.45) is 0.427. The van der Waals surface area contributed by atoms with Crippen molar-refractivity contribution in [3.63, 3.8) is 0 Å². The highest BCUT2D eigenvalue weighted by atomic mass is 32.2. The van der Waals surface area contributed by atoms with E-state index in [1.807, 2.05) is 0 Å². The van der Waals surface area contributed by atoms with E-state index in [1.165, 1.54) is 30.0 Å². The van der Waals surface area contributed by atoms with Crippen molar-refractivity contribution in [3.05, 3.63) is 53.8 Å². The average molecular weight is 326 g/mol. The largest absolute Gasteiger partial charge is 0.389 e. The van der Waals surface area contributed by atoms with Crippen molar-refractivity contribution in [1.29, 1.82) is 0 Å². The van der Waals surface area contributed by atoms with Gasteiger partial charge >= 0.3 is 0 Å². The van der Waals surface area contributed by atoms with Gasteiger partial charge in [-0.2, -0.15) is 0 Å². The summed E-state index contributed by atoms with van der Waals surface area (Å²) in [7, 11) is -3.23. The van der Waals surface area contributed by atoms with Crippen LogP contribution in [0.2, 0.25) is 0 Å². The fourth-order valence-corrected chi connectivity index (χ4v) is 3.19. The molecular weight excluding hydrogens is 311 g/mol. The smallest absolute Gasteiger partial charge is 0.175 e. The number of hydrogen-bond acceptors (Lipinski definition) is 4. The minimum Gasteiger partial charge on any atom is -0.389 e. The predicted molar refractivity (Wildman–Crippen MR) is 80.7 cm³/mol. The van der Waals surface area contributed by atoms with Gasteiger partial charge in [-0.15, -0.1) is 0 Å². The first kappa shape index (κ1) is 16.0. The fourth-order valence-electron chi connectivity index (χ4n) is 1.74. The zero-order chi connectivity index (χ0) is 15.6. The van der Waals surface area contributed by atoms with E-state index in [2.05, 4.69) is 0 Å². The van der Waals surface area contributed by atoms with Crippen molar-refractivity contribution in [2.75, 3.05) is 6.26 Å². The first-order valence-electron chi connectivity index (χ1n) is 6.23. The van der Waals surface area contributed by atoms with Crippen molar-refractivity contribution in [2.45, 2.75) is 27.7 Å². The maximum Gasteiger partial charge on any atom is 0.175 e. The van der Waals surface area contributed by atoms with Crippen molar-refractivity contribution in [3.8, 4) is 0 Å². The summed E-state index contributed by atoms with van der Waals surface area (Å²) in [6.45, 7) is 1.57. The molecule has 0 fully saturated rings. The van der Waals surface area contributed by atoms with Crippen LogP contribution in [0.3, 0.4) is 0 Å². The quantitative estimate of drug-likeness (QED) is 0.935. The van der Waals surface area contributed by atoms with Crippen LogP contribution in [-0.4, -0.2) is 19.8 Å². The minimum absolute atomic E-state index is 0.233. The molecule has 0 heterocycles. The third-order valence-electron chi connectivity index (χ3n) is 2.92. The Labute approximate surface area is 127 Å². The van der Waals surface area contributed by atoms with E-state index in [1.54, 1.807) is 31.2 Å². The Morgan fingerprint density at radius 1 is 1.14 bits per heavy atom. The summed E-state index contributed by atoms with van der Waals surface area (Å²) in [6, 6.07) is 10.9. The second kappa shape index (κ2) is 6.17. The molecule has 3 nitrogen and oxygen atoms in total. The average Bonchev–Trinajstić information content (AvgIpc) is 2.40. The summed E-state index contributed by atoms with van der Waals surface area (Å²) in [5, 5.41) is 9.41. The Morgan fingerprint density at radius 3 is 2.24 bits per heavy atom. The lowest BCUT2D eigenvalue weighted by Crippen LogP contribution is -1.96. The molecule has 0 saturated heterocycles. The first-order valence-corrected chi connectivity index (χ1v) is 8.93. The molecule has 1 atom stereocenters. The van der Waals surface area contributed by atoms with Crippen LogP contribution in [0, 0.1) is 5.82 Å². The van der Waals surface area contributed by atoms with Crippen molar-refractivity contribution < 1.29 is 17.9 Å². The summed E-state index contributed by atoms with van der Waals surface area (Å²) in [5.41, 5.74) is 0.518. The van der Waals surface area contributed by atoms with E-state index >= 15 is 0 Å². The van der Waals surface area contributed by atoms with Crippen LogP contribution < -0.4 is 0 Å². The lowest BCUT2D eigenvalue weighted by atomic mass is 10.1. The lowest BCUT2D eigenvalue weighted by Gasteiger charge is -2.08. The van der Waals surface area contributed by atoms with Crippen molar-refractivity contribution in [1.82, 2.24) is 0 Å². The van der Waals surface area contributed by atoms with Gasteiger partial charge < -0.3 is 5.11 Å². The van der Waals surface area contributed by atoms with Gasteiger partial charge in [-0.05, 0) is 48.9 Å². The van der Waals surface area contributed by atoms with Gasteiger partial charge in [-0.1, -0.05) is 17.8 Å². The Balaban J connectivity index is 2.22. The van der Waals surface area contributed by atoms with E-state index in [-0.39, 0.29) is 4.90 Å². The number of hydrogen-bond donors (Lipinski definition) is 1. The number of rotatable bonds is 4. The van der Waals surface area contributed by atoms with E-state index in [0.29, 0.717) is 10.5 Å². The van der Waals surface area contributed by atoms with Crippen LogP contribution >= 0.6 is 11.8 Å². The highest BCUT2D eigenvalue weighted by Gasteiger charge is 2.10. The van der Waals surface area contributed by atoms with Crippen LogP contribution in [-0.2, 0) is 9.84 Å². The molecule has 0 aliphatic heterocycles. The van der Waals surface area contributed by atoms with Crippen LogP contribution in [0.5, 0.6) is 0 Å². The van der Waals surface area contributed by atoms with Crippen molar-refractivity contribution >= 4 is 21.6 Å². The molecule has 0 aliphatic carbocycles. The van der Waals surface area contributed by atoms with E-state index in [0.717, 1.165) is 11.2 Å². The molecule has 112 valence electrons. The third kappa shape index (κ3) is 4.06. The van der Waals surface area contributed by atoms with Gasteiger partial charge in [0.25, 0.3) is 0 Å². The van der Waals surface area contributed by atoms with E-state index < -0.39 is 21.8 Å². The topological polar surface area (TPSA) is 54.4 Å². The molecule has 0 aliphatic rings. The molecule has 0 spiro atoms. The fraction of sp³-hybridized carbons (Fsp3) is 0.200. The SMILES string of the molecule is CC(O)c1ccc(Sc2ccc(S(C)(=O)=O)cc2)c(F)c1. The summed E-state index contributed by atoms with van der Waals surface area (Å²) in [5.74, 6) is -0.411. The minimum atomic E-state index is -3.23. The first-order chi connectivity index (χ1) is 9.77. The Kier molecular flexibility index (Phi) is 4.70. The molecule has 2 aromatic rings. The van der Waals surface area contributed by atoms with Gasteiger partial charge in [0, 0.05) is 16.0 Å². The zero-order valence-corrected chi connectivity index (χ0v) is 13.2. The summed E-state index contributed by atoms with van der Waals surface area (Å²) >= 11 is 1.20. The molecule has 6 heteroatoms. The van der Waals surface area contributed by atoms with Crippen LogP contribution in [0.25, 0.3) is 0 Å². The number of aliphatic hydroxyl groups excluding tert-OH is 1. The number of halogens is 1. The van der Waals surface area contributed by atoms with Crippen LogP contribution in [0.4, 0.5) is 4.39 Å². The lowest BCUT2D eigenvalue weighted by molar-refractivity contribution is 0.198. The molecule has 0 aromatic heterocycles. The van der Waals surface area contributed by atoms with Crippen LogP contribution in [0.15, 0.2) is 57.2 Å². The molecule has 2 rings (SSSR count). The van der Waals surface area contributed by atoms with Gasteiger partial charge in [0.1, 0.15) is 5.82 Å². The third-order valence-corrected chi connectivity index (χ3v) is 5.11. The standard InChI is InChI=1S/C15H15FO3S2/c1-10(17)11-3-8-15(14(16)9-11)20-12-4-6-13(7-5-12)21(2,18)19/h3-10,17H,1-2H3. The molecular formula is C15H15FO3S2. The Morgan fingerprint density at radius 2 is 1.76 bits per heavy atom. The maximum atomic E-state index is 13.9. The molecule has 1 N–H and O–H groups in total. The number of benzene rings is 2. The van der Waals surface area contributed by atoms with Crippen molar-refractivity contribution in [2.24, 2.45) is 0 Å². The Hall–Kier alpha value is -1.37. The predicted octanol–water partition coefficient (Wildman–Crippen LogP) is 3.43. The van der Waals surface area contributed by atoms with Gasteiger partial charge in [0.2, 0.25) is 0 Å². The molecule has 21 heavy (non-hydrogen) atoms. The number of sulfone groups is 1. The monoisotopic (exact) mass is 326 g/mol. The molecule has 1 unspecified atom stereocenters. The Bertz CT molecular complexity index is 738. The van der Waals surface area contributed by atoms with E-state index in [4.69, 9.17) is 0 Å². The number of aliphatic hydroxyl groups is 1. The van der Waals surface area contributed by atoms with Gasteiger partial charge in [0.05, 0.1) is 11.0 Å². The molecule has 0 saturated carbocycles. The maximum absolute atomic E-state index is 13.9. The molecule has 0 bridgehead atoms. The van der Waals surface area contributed by atoms with Gasteiger partial charge in [-0.3, -0.25) is 0 Å². The molecule has 0 amide bonds. The summed E-state index contributed by atoms with van der Waals surface area (Å²) < 4.78 is 36.7. The highest BCUT2D eigenvalue weighted by Crippen LogP contribution is 2.31. The van der Waals surface area contributed by atoms with Gasteiger partial charge in [0.15, 0.2) is 9.84 Å². The molecule has 0 radical (unpaired) electrons. The second-order valence-corrected chi connectivity index (χ2v) is 7.84. The summed E-state index contributed by atoms with van der Waals surface area (Å²) in [4.78, 5) is 1.40. The van der Waals surface area contributed by atoms with E-state index in [9.17, 15) is 17.9 Å². The second-order valence-electron chi connectivity index (χ2n) is 4.71. The highest BCUT2D eigenvalue weighted by molar-refractivity contribution is 7.99. The normalized spacial score (nSPS) is 13.1.